The van der Waals surface area contributed by atoms with Gasteiger partial charge in [-0.1, -0.05) is 60.1 Å². The molecular weight excluding hydrogens is 534 g/mol. The van der Waals surface area contributed by atoms with E-state index < -0.39 is 16.1 Å². The van der Waals surface area contributed by atoms with Crippen molar-refractivity contribution in [3.63, 3.8) is 0 Å². The zero-order valence-electron chi connectivity index (χ0n) is 22.9. The highest BCUT2D eigenvalue weighted by Crippen LogP contribution is 2.23. The van der Waals surface area contributed by atoms with Crippen LogP contribution in [0, 0.1) is 13.8 Å². The van der Waals surface area contributed by atoms with E-state index in [2.05, 4.69) is 5.32 Å². The number of carbonyl (C=O) groups is 2. The van der Waals surface area contributed by atoms with Crippen LogP contribution in [0.2, 0.25) is 5.02 Å². The number of amides is 2. The number of sulfonamides is 1. The molecule has 39 heavy (non-hydrogen) atoms. The van der Waals surface area contributed by atoms with Crippen LogP contribution in [0.15, 0.2) is 72.8 Å². The molecule has 208 valence electrons. The fourth-order valence-corrected chi connectivity index (χ4v) is 5.47. The van der Waals surface area contributed by atoms with Crippen molar-refractivity contribution in [3.8, 4) is 0 Å². The van der Waals surface area contributed by atoms with E-state index in [1.807, 2.05) is 68.4 Å². The van der Waals surface area contributed by atoms with Crippen LogP contribution in [0.25, 0.3) is 0 Å². The predicted octanol–water partition coefficient (Wildman–Crippen LogP) is 4.89. The Morgan fingerprint density at radius 3 is 2.18 bits per heavy atom. The molecule has 3 aromatic carbocycles. The number of aryl methyl sites for hydroxylation is 2. The minimum atomic E-state index is -3.56. The molecule has 3 rings (SSSR count). The number of rotatable bonds is 12. The largest absolute Gasteiger partial charge is 0.357 e. The molecule has 7 nitrogen and oxygen atoms in total. The first-order valence-electron chi connectivity index (χ1n) is 12.8. The molecule has 9 heteroatoms. The molecule has 1 atom stereocenters. The second kappa shape index (κ2) is 13.6. The molecule has 0 aliphatic carbocycles. The van der Waals surface area contributed by atoms with Crippen LogP contribution in [-0.2, 0) is 32.6 Å². The third-order valence-electron chi connectivity index (χ3n) is 6.71. The van der Waals surface area contributed by atoms with Crippen LogP contribution in [0.5, 0.6) is 0 Å². The summed E-state index contributed by atoms with van der Waals surface area (Å²) < 4.78 is 26.6. The SMILES string of the molecule is CNC(=O)[C@H](Cc1ccccc1)N(Cc1ccc(Cl)cc1)C(=O)CCCN(c1ccc(C)c(C)c1)S(C)(=O)=O. The molecule has 0 spiro atoms. The highest BCUT2D eigenvalue weighted by atomic mass is 35.5. The Morgan fingerprint density at radius 2 is 1.59 bits per heavy atom. The van der Waals surface area contributed by atoms with Gasteiger partial charge in [-0.2, -0.15) is 0 Å². The average molecular weight is 570 g/mol. The maximum absolute atomic E-state index is 13.7. The number of likely N-dealkylation sites (N-methyl/N-ethyl adjacent to an activating group) is 1. The molecule has 0 aromatic heterocycles. The lowest BCUT2D eigenvalue weighted by Crippen LogP contribution is -2.49. The van der Waals surface area contributed by atoms with Gasteiger partial charge in [-0.25, -0.2) is 8.42 Å². The smallest absolute Gasteiger partial charge is 0.242 e. The van der Waals surface area contributed by atoms with Gasteiger partial charge in [0.1, 0.15) is 6.04 Å². The summed E-state index contributed by atoms with van der Waals surface area (Å²) in [4.78, 5) is 28.3. The molecule has 2 amide bonds. The van der Waals surface area contributed by atoms with Gasteiger partial charge in [0.05, 0.1) is 11.9 Å². The van der Waals surface area contributed by atoms with Gasteiger partial charge in [0.15, 0.2) is 0 Å². The molecule has 0 saturated carbocycles. The first kappa shape index (κ1) is 30.2. The summed E-state index contributed by atoms with van der Waals surface area (Å²) >= 11 is 6.06. The van der Waals surface area contributed by atoms with E-state index in [4.69, 9.17) is 11.6 Å². The number of halogens is 1. The molecule has 3 aromatic rings. The Labute approximate surface area is 236 Å². The molecule has 0 heterocycles. The number of anilines is 1. The van der Waals surface area contributed by atoms with E-state index in [1.165, 1.54) is 10.6 Å². The van der Waals surface area contributed by atoms with Crippen molar-refractivity contribution >= 4 is 39.1 Å². The van der Waals surface area contributed by atoms with Gasteiger partial charge in [0, 0.05) is 38.0 Å². The number of carbonyl (C=O) groups excluding carboxylic acids is 2. The molecule has 0 saturated heterocycles. The van der Waals surface area contributed by atoms with Gasteiger partial charge in [-0.15, -0.1) is 0 Å². The molecule has 0 aliphatic rings. The van der Waals surface area contributed by atoms with E-state index in [1.54, 1.807) is 30.1 Å². The summed E-state index contributed by atoms with van der Waals surface area (Å²) in [5, 5.41) is 3.28. The summed E-state index contributed by atoms with van der Waals surface area (Å²) in [6, 6.07) is 21.5. The van der Waals surface area contributed by atoms with E-state index >= 15 is 0 Å². The van der Waals surface area contributed by atoms with Gasteiger partial charge >= 0.3 is 0 Å². The van der Waals surface area contributed by atoms with Crippen LogP contribution in [0.4, 0.5) is 5.69 Å². The first-order chi connectivity index (χ1) is 18.5. The highest BCUT2D eigenvalue weighted by Gasteiger charge is 2.30. The van der Waals surface area contributed by atoms with Crippen LogP contribution in [0.1, 0.15) is 35.1 Å². The van der Waals surface area contributed by atoms with Crippen molar-refractivity contribution in [1.82, 2.24) is 10.2 Å². The Hall–Kier alpha value is -3.36. The lowest BCUT2D eigenvalue weighted by atomic mass is 10.0. The van der Waals surface area contributed by atoms with Gasteiger partial charge in [0.25, 0.3) is 0 Å². The fourth-order valence-electron chi connectivity index (χ4n) is 4.39. The van der Waals surface area contributed by atoms with E-state index in [0.29, 0.717) is 23.6 Å². The summed E-state index contributed by atoms with van der Waals surface area (Å²) in [5.41, 5.74) is 4.39. The Bertz CT molecular complexity index is 1380. The molecule has 0 radical (unpaired) electrons. The quantitative estimate of drug-likeness (QED) is 0.336. The Kier molecular flexibility index (Phi) is 10.5. The number of nitrogens with zero attached hydrogens (tertiary/aromatic N) is 2. The summed E-state index contributed by atoms with van der Waals surface area (Å²) in [6.45, 7) is 4.26. The zero-order chi connectivity index (χ0) is 28.6. The fraction of sp³-hybridized carbons (Fsp3) is 0.333. The predicted molar refractivity (Wildman–Crippen MR) is 157 cm³/mol. The molecule has 1 N–H and O–H groups in total. The van der Waals surface area contributed by atoms with Crippen LogP contribution in [0.3, 0.4) is 0 Å². The van der Waals surface area contributed by atoms with Gasteiger partial charge in [-0.3, -0.25) is 13.9 Å². The molecular formula is C30H36ClN3O4S. The normalized spacial score (nSPS) is 12.0. The number of nitrogens with one attached hydrogen (secondary N) is 1. The molecule has 0 bridgehead atoms. The number of hydrogen-bond acceptors (Lipinski definition) is 4. The van der Waals surface area contributed by atoms with Gasteiger partial charge in [0.2, 0.25) is 21.8 Å². The van der Waals surface area contributed by atoms with Crippen molar-refractivity contribution < 1.29 is 18.0 Å². The molecule has 0 fully saturated rings. The van der Waals surface area contributed by atoms with Crippen LogP contribution >= 0.6 is 11.6 Å². The van der Waals surface area contributed by atoms with Gasteiger partial charge < -0.3 is 10.2 Å². The van der Waals surface area contributed by atoms with E-state index in [0.717, 1.165) is 22.3 Å². The standard InChI is InChI=1S/C30H36ClN3O4S/c1-22-12-17-27(19-23(22)2)34(39(4,37)38)18-8-11-29(35)33(21-25-13-15-26(31)16-14-25)28(30(36)32-3)20-24-9-6-5-7-10-24/h5-7,9-10,12-17,19,28H,8,11,18,20-21H2,1-4H3,(H,32,36)/t28-/m0/s1. The average Bonchev–Trinajstić information content (AvgIpc) is 2.90. The maximum atomic E-state index is 13.7. The summed E-state index contributed by atoms with van der Waals surface area (Å²) in [7, 11) is -2.01. The second-order valence-corrected chi connectivity index (χ2v) is 12.0. The minimum absolute atomic E-state index is 0.0761. The van der Waals surface area contributed by atoms with E-state index in [-0.39, 0.29) is 31.3 Å². The van der Waals surface area contributed by atoms with Gasteiger partial charge in [-0.05, 0) is 66.8 Å². The van der Waals surface area contributed by atoms with Crippen LogP contribution < -0.4 is 9.62 Å². The maximum Gasteiger partial charge on any atom is 0.242 e. The molecule has 0 unspecified atom stereocenters. The lowest BCUT2D eigenvalue weighted by Gasteiger charge is -2.31. The summed E-state index contributed by atoms with van der Waals surface area (Å²) in [6.07, 6.45) is 1.88. The minimum Gasteiger partial charge on any atom is -0.357 e. The monoisotopic (exact) mass is 569 g/mol. The van der Waals surface area contributed by atoms with Crippen molar-refractivity contribution in [1.29, 1.82) is 0 Å². The lowest BCUT2D eigenvalue weighted by molar-refractivity contribution is -0.141. The number of hydrogen-bond donors (Lipinski definition) is 1. The number of benzene rings is 3. The van der Waals surface area contributed by atoms with E-state index in [9.17, 15) is 18.0 Å². The zero-order valence-corrected chi connectivity index (χ0v) is 24.4. The first-order valence-corrected chi connectivity index (χ1v) is 15.1. The van der Waals surface area contributed by atoms with Crippen molar-refractivity contribution in [3.05, 3.63) is 100 Å². The highest BCUT2D eigenvalue weighted by molar-refractivity contribution is 7.92. The Morgan fingerprint density at radius 1 is 0.923 bits per heavy atom. The topological polar surface area (TPSA) is 86.8 Å². The van der Waals surface area contributed by atoms with Crippen molar-refractivity contribution in [2.75, 3.05) is 24.2 Å². The second-order valence-electron chi connectivity index (χ2n) is 9.68. The Balaban J connectivity index is 1.84. The third kappa shape index (κ3) is 8.57. The third-order valence-corrected chi connectivity index (χ3v) is 8.16. The van der Waals surface area contributed by atoms with Crippen LogP contribution in [-0.4, -0.2) is 51.0 Å². The molecule has 0 aliphatic heterocycles. The van der Waals surface area contributed by atoms with Crippen molar-refractivity contribution in [2.45, 2.75) is 45.7 Å². The summed E-state index contributed by atoms with van der Waals surface area (Å²) in [5.74, 6) is -0.503. The van der Waals surface area contributed by atoms with Crippen molar-refractivity contribution in [2.24, 2.45) is 0 Å².